The summed E-state index contributed by atoms with van der Waals surface area (Å²) in [5.41, 5.74) is 0. The molecule has 16 heavy (non-hydrogen) atoms. The summed E-state index contributed by atoms with van der Waals surface area (Å²) < 4.78 is 10.6. The molecular weight excluding hydrogens is 204 g/mol. The van der Waals surface area contributed by atoms with Crippen LogP contribution in [0.2, 0.25) is 0 Å². The topological polar surface area (TPSA) is 35.5 Å². The lowest BCUT2D eigenvalue weighted by atomic mass is 10.3. The minimum Gasteiger partial charge on any atom is -0.494 e. The zero-order valence-electron chi connectivity index (χ0n) is 10.2. The molecule has 0 N–H and O–H groups in total. The third-order valence-electron chi connectivity index (χ3n) is 1.61. The molecule has 0 aliphatic carbocycles. The molecule has 0 bridgehead atoms. The van der Waals surface area contributed by atoms with Crippen molar-refractivity contribution < 1.29 is 14.3 Å². The van der Waals surface area contributed by atoms with Gasteiger partial charge in [0.1, 0.15) is 17.8 Å². The summed E-state index contributed by atoms with van der Waals surface area (Å²) >= 11 is 0. The van der Waals surface area contributed by atoms with E-state index in [1.807, 2.05) is 45.0 Å². The summed E-state index contributed by atoms with van der Waals surface area (Å²) in [6.07, 6.45) is 1.51. The van der Waals surface area contributed by atoms with Gasteiger partial charge < -0.3 is 14.3 Å². The fraction of sp³-hybridized carbons (Fsp3) is 0.462. The van der Waals surface area contributed by atoms with E-state index in [2.05, 4.69) is 0 Å². The second kappa shape index (κ2) is 10.0. The van der Waals surface area contributed by atoms with E-state index in [9.17, 15) is 4.79 Å². The third-order valence-corrected chi connectivity index (χ3v) is 1.61. The van der Waals surface area contributed by atoms with Gasteiger partial charge in [0.05, 0.1) is 13.2 Å². The Morgan fingerprint density at radius 2 is 1.25 bits per heavy atom. The molecule has 1 aromatic rings. The predicted molar refractivity (Wildman–Crippen MR) is 65.1 cm³/mol. The average Bonchev–Trinajstić information content (AvgIpc) is 2.33. The molecule has 0 heterocycles. The molecule has 0 aromatic heterocycles. The summed E-state index contributed by atoms with van der Waals surface area (Å²) in [5.74, 6) is 1.78. The Hall–Kier alpha value is -1.51. The van der Waals surface area contributed by atoms with Gasteiger partial charge in [0.2, 0.25) is 0 Å². The molecule has 0 atom stereocenters. The second-order valence-corrected chi connectivity index (χ2v) is 2.91. The van der Waals surface area contributed by atoms with Gasteiger partial charge in [-0.25, -0.2) is 0 Å². The van der Waals surface area contributed by atoms with Crippen molar-refractivity contribution in [3.8, 4) is 11.5 Å². The highest BCUT2D eigenvalue weighted by molar-refractivity contribution is 5.48. The van der Waals surface area contributed by atoms with Crippen LogP contribution in [0.25, 0.3) is 0 Å². The Labute approximate surface area is 97.4 Å². The van der Waals surface area contributed by atoms with Crippen molar-refractivity contribution in [3.05, 3.63) is 24.3 Å². The molecule has 0 amide bonds. The molecule has 0 aliphatic heterocycles. The lowest BCUT2D eigenvalue weighted by Gasteiger charge is -2.04. The van der Waals surface area contributed by atoms with Crippen LogP contribution in [0, 0.1) is 0 Å². The van der Waals surface area contributed by atoms with Gasteiger partial charge in [-0.3, -0.25) is 0 Å². The normalized spacial score (nSPS) is 8.69. The highest BCUT2D eigenvalue weighted by Gasteiger charge is 1.92. The first-order valence-electron chi connectivity index (χ1n) is 5.57. The van der Waals surface area contributed by atoms with Gasteiger partial charge in [-0.15, -0.1) is 0 Å². The van der Waals surface area contributed by atoms with Crippen LogP contribution in [-0.4, -0.2) is 19.5 Å². The summed E-state index contributed by atoms with van der Waals surface area (Å²) in [4.78, 5) is 9.17. The fourth-order valence-corrected chi connectivity index (χ4v) is 0.965. The van der Waals surface area contributed by atoms with Gasteiger partial charge in [0, 0.05) is 6.42 Å². The number of benzene rings is 1. The lowest BCUT2D eigenvalue weighted by Crippen LogP contribution is -1.93. The molecule has 90 valence electrons. The lowest BCUT2D eigenvalue weighted by molar-refractivity contribution is -0.107. The molecule has 3 nitrogen and oxygen atoms in total. The summed E-state index contributed by atoms with van der Waals surface area (Å²) in [6, 6.07) is 7.64. The van der Waals surface area contributed by atoms with Crippen molar-refractivity contribution in [1.29, 1.82) is 0 Å². The molecule has 0 fully saturated rings. The maximum atomic E-state index is 9.17. The van der Waals surface area contributed by atoms with Crippen LogP contribution in [0.5, 0.6) is 11.5 Å². The number of aldehydes is 1. The SMILES string of the molecule is CCC=O.CCOc1ccc(OCC)cc1. The quantitative estimate of drug-likeness (QED) is 0.721. The van der Waals surface area contributed by atoms with Crippen molar-refractivity contribution in [1.82, 2.24) is 0 Å². The van der Waals surface area contributed by atoms with Crippen molar-refractivity contribution in [2.75, 3.05) is 13.2 Å². The summed E-state index contributed by atoms with van der Waals surface area (Å²) in [7, 11) is 0. The molecule has 0 aliphatic rings. The third kappa shape index (κ3) is 6.87. The second-order valence-electron chi connectivity index (χ2n) is 2.91. The van der Waals surface area contributed by atoms with Crippen molar-refractivity contribution >= 4 is 6.29 Å². The van der Waals surface area contributed by atoms with Crippen LogP contribution in [0.3, 0.4) is 0 Å². The standard InChI is InChI=1S/C10H14O2.C3H6O/c1-3-11-9-5-7-10(8-6-9)12-4-2;1-2-3-4/h5-8H,3-4H2,1-2H3;3H,2H2,1H3. The van der Waals surface area contributed by atoms with Gasteiger partial charge in [-0.1, -0.05) is 6.92 Å². The van der Waals surface area contributed by atoms with E-state index in [0.717, 1.165) is 17.8 Å². The minimum atomic E-state index is 0.639. The van der Waals surface area contributed by atoms with E-state index < -0.39 is 0 Å². The Balaban J connectivity index is 0.000000487. The number of carbonyl (C=O) groups excluding carboxylic acids is 1. The van der Waals surface area contributed by atoms with E-state index in [1.165, 1.54) is 0 Å². The van der Waals surface area contributed by atoms with Crippen LogP contribution in [0.1, 0.15) is 27.2 Å². The van der Waals surface area contributed by atoms with Crippen LogP contribution >= 0.6 is 0 Å². The molecular formula is C13H20O3. The molecule has 0 radical (unpaired) electrons. The van der Waals surface area contributed by atoms with Gasteiger partial charge in [-0.2, -0.15) is 0 Å². The van der Waals surface area contributed by atoms with Crippen LogP contribution in [0.4, 0.5) is 0 Å². The first kappa shape index (κ1) is 14.5. The smallest absolute Gasteiger partial charge is 0.119 e. The fourth-order valence-electron chi connectivity index (χ4n) is 0.965. The zero-order valence-corrected chi connectivity index (χ0v) is 10.2. The van der Waals surface area contributed by atoms with Gasteiger partial charge in [-0.05, 0) is 38.1 Å². The Morgan fingerprint density at radius 1 is 0.938 bits per heavy atom. The Bertz CT molecular complexity index is 242. The Morgan fingerprint density at radius 3 is 1.44 bits per heavy atom. The predicted octanol–water partition coefficient (Wildman–Crippen LogP) is 3.08. The molecule has 0 saturated carbocycles. The molecule has 3 heteroatoms. The van der Waals surface area contributed by atoms with E-state index in [0.29, 0.717) is 19.6 Å². The van der Waals surface area contributed by atoms with Crippen LogP contribution < -0.4 is 9.47 Å². The zero-order chi connectivity index (χ0) is 12.2. The van der Waals surface area contributed by atoms with E-state index >= 15 is 0 Å². The van der Waals surface area contributed by atoms with Crippen LogP contribution in [0.15, 0.2) is 24.3 Å². The highest BCUT2D eigenvalue weighted by atomic mass is 16.5. The highest BCUT2D eigenvalue weighted by Crippen LogP contribution is 2.17. The number of hydrogen-bond acceptors (Lipinski definition) is 3. The van der Waals surface area contributed by atoms with Crippen molar-refractivity contribution in [2.24, 2.45) is 0 Å². The number of ether oxygens (including phenoxy) is 2. The molecule has 0 unspecified atom stereocenters. The van der Waals surface area contributed by atoms with Gasteiger partial charge in [0.25, 0.3) is 0 Å². The molecule has 0 spiro atoms. The first-order chi connectivity index (χ1) is 7.78. The van der Waals surface area contributed by atoms with E-state index in [-0.39, 0.29) is 0 Å². The monoisotopic (exact) mass is 224 g/mol. The molecule has 1 rings (SSSR count). The first-order valence-corrected chi connectivity index (χ1v) is 5.57. The number of rotatable bonds is 5. The maximum Gasteiger partial charge on any atom is 0.119 e. The molecule has 1 aromatic carbocycles. The van der Waals surface area contributed by atoms with Gasteiger partial charge >= 0.3 is 0 Å². The van der Waals surface area contributed by atoms with Crippen molar-refractivity contribution in [2.45, 2.75) is 27.2 Å². The van der Waals surface area contributed by atoms with E-state index in [4.69, 9.17) is 9.47 Å². The van der Waals surface area contributed by atoms with Gasteiger partial charge in [0.15, 0.2) is 0 Å². The van der Waals surface area contributed by atoms with Crippen molar-refractivity contribution in [3.63, 3.8) is 0 Å². The maximum absolute atomic E-state index is 9.17. The van der Waals surface area contributed by atoms with E-state index in [1.54, 1.807) is 0 Å². The largest absolute Gasteiger partial charge is 0.494 e. The number of carbonyl (C=O) groups is 1. The Kier molecular flexibility index (Phi) is 9.08. The summed E-state index contributed by atoms with van der Waals surface area (Å²) in [6.45, 7) is 7.15. The minimum absolute atomic E-state index is 0.639. The van der Waals surface area contributed by atoms with Crippen LogP contribution in [-0.2, 0) is 4.79 Å². The summed E-state index contributed by atoms with van der Waals surface area (Å²) in [5, 5.41) is 0. The number of hydrogen-bond donors (Lipinski definition) is 0. The average molecular weight is 224 g/mol. The molecule has 0 saturated heterocycles.